The van der Waals surface area contributed by atoms with Gasteiger partial charge in [0.15, 0.2) is 6.29 Å². The molecule has 0 aliphatic heterocycles. The van der Waals surface area contributed by atoms with Gasteiger partial charge in [-0.3, -0.25) is 4.79 Å². The highest BCUT2D eigenvalue weighted by Crippen LogP contribution is 2.17. The maximum absolute atomic E-state index is 11.5. The van der Waals surface area contributed by atoms with Gasteiger partial charge in [0.1, 0.15) is 6.61 Å². The van der Waals surface area contributed by atoms with Crippen molar-refractivity contribution < 1.29 is 24.1 Å². The predicted molar refractivity (Wildman–Crippen MR) is 63.4 cm³/mol. The highest BCUT2D eigenvalue weighted by atomic mass is 16.7. The summed E-state index contributed by atoms with van der Waals surface area (Å²) in [6, 6.07) is 0. The Morgan fingerprint density at radius 1 is 1.24 bits per heavy atom. The van der Waals surface area contributed by atoms with Crippen molar-refractivity contribution in [1.82, 2.24) is 0 Å². The molecule has 0 saturated carbocycles. The molecule has 0 heterocycles. The second-order valence-corrected chi connectivity index (χ2v) is 5.11. The summed E-state index contributed by atoms with van der Waals surface area (Å²) in [5, 5.41) is 9.83. The smallest absolute Gasteiger partial charge is 0.311 e. The molecule has 0 saturated heterocycles. The van der Waals surface area contributed by atoms with Crippen molar-refractivity contribution >= 4 is 5.97 Å². The largest absolute Gasteiger partial charge is 0.463 e. The molecule has 17 heavy (non-hydrogen) atoms. The molecule has 0 aliphatic carbocycles. The monoisotopic (exact) mass is 248 g/mol. The van der Waals surface area contributed by atoms with E-state index in [9.17, 15) is 9.90 Å². The average Bonchev–Trinajstić information content (AvgIpc) is 2.25. The molecular formula is C12H24O5. The number of aliphatic hydroxyl groups excluding tert-OH is 1. The molecule has 0 rings (SSSR count). The second kappa shape index (κ2) is 6.93. The van der Waals surface area contributed by atoms with E-state index in [1.165, 1.54) is 14.2 Å². The van der Waals surface area contributed by atoms with Gasteiger partial charge in [0.25, 0.3) is 0 Å². The zero-order valence-corrected chi connectivity index (χ0v) is 11.5. The average molecular weight is 248 g/mol. The van der Waals surface area contributed by atoms with Gasteiger partial charge in [-0.05, 0) is 20.8 Å². The quantitative estimate of drug-likeness (QED) is 0.565. The van der Waals surface area contributed by atoms with E-state index in [1.807, 2.05) is 0 Å². The van der Waals surface area contributed by atoms with Crippen LogP contribution in [0.2, 0.25) is 0 Å². The number of aliphatic hydroxyl groups is 1. The fourth-order valence-corrected chi connectivity index (χ4v) is 1.24. The minimum Gasteiger partial charge on any atom is -0.463 e. The first-order valence-corrected chi connectivity index (χ1v) is 5.65. The minimum absolute atomic E-state index is 0.0551. The number of esters is 1. The van der Waals surface area contributed by atoms with Crippen LogP contribution in [0.4, 0.5) is 0 Å². The third-order valence-electron chi connectivity index (χ3n) is 2.50. The number of hydrogen-bond acceptors (Lipinski definition) is 5. The van der Waals surface area contributed by atoms with Gasteiger partial charge in [-0.2, -0.15) is 0 Å². The Bertz CT molecular complexity index is 230. The van der Waals surface area contributed by atoms with E-state index >= 15 is 0 Å². The van der Waals surface area contributed by atoms with Gasteiger partial charge in [-0.25, -0.2) is 0 Å². The number of rotatable bonds is 6. The SMILES string of the molecule is COC(OC)[C@H](C)[C@H](O)COC(=O)C(C)(C)C. The zero-order chi connectivity index (χ0) is 13.6. The summed E-state index contributed by atoms with van der Waals surface area (Å²) in [6.07, 6.45) is -1.33. The van der Waals surface area contributed by atoms with E-state index in [4.69, 9.17) is 14.2 Å². The van der Waals surface area contributed by atoms with Crippen LogP contribution in [0.25, 0.3) is 0 Å². The highest BCUT2D eigenvalue weighted by Gasteiger charge is 2.28. The standard InChI is InChI=1S/C12H24O5/c1-8(10(15-5)16-6)9(13)7-17-11(14)12(2,3)4/h8-10,13H,7H2,1-6H3/t8-,9-/m1/s1. The first kappa shape index (κ1) is 16.4. The van der Waals surface area contributed by atoms with Crippen molar-refractivity contribution in [1.29, 1.82) is 0 Å². The Balaban J connectivity index is 4.18. The van der Waals surface area contributed by atoms with Crippen LogP contribution >= 0.6 is 0 Å². The van der Waals surface area contributed by atoms with Crippen molar-refractivity contribution in [3.8, 4) is 0 Å². The van der Waals surface area contributed by atoms with E-state index in [0.717, 1.165) is 0 Å². The molecule has 5 nitrogen and oxygen atoms in total. The number of hydrogen-bond donors (Lipinski definition) is 1. The molecule has 5 heteroatoms. The van der Waals surface area contributed by atoms with Crippen LogP contribution in [0.1, 0.15) is 27.7 Å². The molecule has 0 radical (unpaired) electrons. The van der Waals surface area contributed by atoms with Gasteiger partial charge in [0.05, 0.1) is 11.5 Å². The first-order chi connectivity index (χ1) is 7.73. The van der Waals surface area contributed by atoms with Gasteiger partial charge in [0, 0.05) is 20.1 Å². The van der Waals surface area contributed by atoms with Gasteiger partial charge in [-0.1, -0.05) is 6.92 Å². The normalized spacial score (nSPS) is 15.8. The van der Waals surface area contributed by atoms with E-state index in [-0.39, 0.29) is 18.5 Å². The summed E-state index contributed by atoms with van der Waals surface area (Å²) in [4.78, 5) is 11.5. The molecular weight excluding hydrogens is 224 g/mol. The van der Waals surface area contributed by atoms with Crippen LogP contribution in [0, 0.1) is 11.3 Å². The van der Waals surface area contributed by atoms with E-state index in [0.29, 0.717) is 0 Å². The van der Waals surface area contributed by atoms with Gasteiger partial charge < -0.3 is 19.3 Å². The summed E-state index contributed by atoms with van der Waals surface area (Å²) < 4.78 is 15.1. The number of carbonyl (C=O) groups excluding carboxylic acids is 1. The van der Waals surface area contributed by atoms with Crippen LogP contribution in [0.5, 0.6) is 0 Å². The Morgan fingerprint density at radius 2 is 1.71 bits per heavy atom. The van der Waals surface area contributed by atoms with Gasteiger partial charge in [-0.15, -0.1) is 0 Å². The fourth-order valence-electron chi connectivity index (χ4n) is 1.24. The van der Waals surface area contributed by atoms with E-state index in [2.05, 4.69) is 0 Å². The highest BCUT2D eigenvalue weighted by molar-refractivity contribution is 5.75. The van der Waals surface area contributed by atoms with Gasteiger partial charge in [0.2, 0.25) is 0 Å². The summed E-state index contributed by atoms with van der Waals surface area (Å²) in [7, 11) is 3.00. The van der Waals surface area contributed by atoms with Gasteiger partial charge >= 0.3 is 5.97 Å². The topological polar surface area (TPSA) is 65.0 Å². The maximum Gasteiger partial charge on any atom is 0.311 e. The van der Waals surface area contributed by atoms with Crippen LogP contribution in [-0.2, 0) is 19.0 Å². The third kappa shape index (κ3) is 5.48. The number of carbonyl (C=O) groups is 1. The maximum atomic E-state index is 11.5. The fraction of sp³-hybridized carbons (Fsp3) is 0.917. The lowest BCUT2D eigenvalue weighted by atomic mass is 9.97. The predicted octanol–water partition coefficient (Wildman–Crippen LogP) is 1.19. The molecule has 0 spiro atoms. The molecule has 0 amide bonds. The summed E-state index contributed by atoms with van der Waals surface area (Å²) >= 11 is 0. The number of methoxy groups -OCH3 is 2. The Morgan fingerprint density at radius 3 is 2.06 bits per heavy atom. The van der Waals surface area contributed by atoms with E-state index in [1.54, 1.807) is 27.7 Å². The summed E-state index contributed by atoms with van der Waals surface area (Å²) in [6.45, 7) is 7.00. The van der Waals surface area contributed by atoms with Crippen molar-refractivity contribution in [2.45, 2.75) is 40.1 Å². The minimum atomic E-state index is -0.814. The molecule has 0 aromatic rings. The molecule has 0 aliphatic rings. The van der Waals surface area contributed by atoms with Crippen LogP contribution in [0.3, 0.4) is 0 Å². The first-order valence-electron chi connectivity index (χ1n) is 5.65. The Hall–Kier alpha value is -0.650. The molecule has 0 aromatic carbocycles. The van der Waals surface area contributed by atoms with Crippen LogP contribution < -0.4 is 0 Å². The molecule has 0 unspecified atom stereocenters. The van der Waals surface area contributed by atoms with Crippen molar-refractivity contribution in [3.63, 3.8) is 0 Å². The molecule has 0 fully saturated rings. The summed E-state index contributed by atoms with van der Waals surface area (Å²) in [5.41, 5.74) is -0.565. The molecule has 102 valence electrons. The van der Waals surface area contributed by atoms with Crippen molar-refractivity contribution in [2.24, 2.45) is 11.3 Å². The molecule has 1 N–H and O–H groups in total. The second-order valence-electron chi connectivity index (χ2n) is 5.11. The lowest BCUT2D eigenvalue weighted by molar-refractivity contribution is -0.173. The zero-order valence-electron chi connectivity index (χ0n) is 11.5. The summed E-state index contributed by atoms with van der Waals surface area (Å²) in [5.74, 6) is -0.618. The molecule has 0 aromatic heterocycles. The molecule has 2 atom stereocenters. The molecule has 0 bridgehead atoms. The lowest BCUT2D eigenvalue weighted by Crippen LogP contribution is -2.37. The third-order valence-corrected chi connectivity index (χ3v) is 2.50. The Kier molecular flexibility index (Phi) is 6.67. The van der Waals surface area contributed by atoms with E-state index < -0.39 is 17.8 Å². The van der Waals surface area contributed by atoms with Crippen LogP contribution in [-0.4, -0.2) is 44.3 Å². The van der Waals surface area contributed by atoms with Crippen LogP contribution in [0.15, 0.2) is 0 Å². The lowest BCUT2D eigenvalue weighted by Gasteiger charge is -2.26. The Labute approximate surface area is 103 Å². The number of ether oxygens (including phenoxy) is 3. The van der Waals surface area contributed by atoms with Crippen molar-refractivity contribution in [3.05, 3.63) is 0 Å². The van der Waals surface area contributed by atoms with Crippen molar-refractivity contribution in [2.75, 3.05) is 20.8 Å².